The molecule has 0 unspecified atom stereocenters. The van der Waals surface area contributed by atoms with E-state index >= 15 is 0 Å². The molecule has 0 atom stereocenters. The summed E-state index contributed by atoms with van der Waals surface area (Å²) < 4.78 is 5.97. The highest BCUT2D eigenvalue weighted by Gasteiger charge is 2.14. The number of hydrogen-bond acceptors (Lipinski definition) is 6. The van der Waals surface area contributed by atoms with Crippen LogP contribution in [0.3, 0.4) is 0 Å². The number of carbonyl (C=O) groups is 1. The fourth-order valence-electron chi connectivity index (χ4n) is 2.59. The molecule has 8 heteroatoms. The summed E-state index contributed by atoms with van der Waals surface area (Å²) in [7, 11) is 0. The quantitative estimate of drug-likeness (QED) is 0.298. The molecule has 3 rings (SSSR count). The van der Waals surface area contributed by atoms with Gasteiger partial charge in [0.15, 0.2) is 0 Å². The highest BCUT2D eigenvalue weighted by molar-refractivity contribution is 5.88. The van der Waals surface area contributed by atoms with Gasteiger partial charge in [0.1, 0.15) is 0 Å². The van der Waals surface area contributed by atoms with Crippen LogP contribution in [0.4, 0.5) is 5.69 Å². The Kier molecular flexibility index (Phi) is 5.07. The lowest BCUT2D eigenvalue weighted by molar-refractivity contribution is -0.384. The van der Waals surface area contributed by atoms with E-state index < -0.39 is 10.9 Å². The van der Waals surface area contributed by atoms with Crippen molar-refractivity contribution in [2.45, 2.75) is 6.92 Å². The highest BCUT2D eigenvalue weighted by Crippen LogP contribution is 2.22. The van der Waals surface area contributed by atoms with Crippen LogP contribution in [0.25, 0.3) is 22.5 Å². The summed E-state index contributed by atoms with van der Waals surface area (Å²) in [5.74, 6) is -0.589. The van der Waals surface area contributed by atoms with Crippen LogP contribution in [0.15, 0.2) is 59.5 Å². The SMILES string of the molecule is CCOC(=O)/C=C/c1cc([N+](=O)[O-])ccc1-n1ncc2ccccc2c1=O. The first-order valence-electron chi connectivity index (χ1n) is 8.12. The van der Waals surface area contributed by atoms with Gasteiger partial charge in [-0.1, -0.05) is 18.2 Å². The average Bonchev–Trinajstić information content (AvgIpc) is 2.67. The summed E-state index contributed by atoms with van der Waals surface area (Å²) in [6.45, 7) is 1.87. The number of nitro benzene ring substituents is 1. The Balaban J connectivity index is 2.17. The van der Waals surface area contributed by atoms with Gasteiger partial charge in [-0.3, -0.25) is 14.9 Å². The highest BCUT2D eigenvalue weighted by atomic mass is 16.6. The summed E-state index contributed by atoms with van der Waals surface area (Å²) in [5.41, 5.74) is 0.0721. The van der Waals surface area contributed by atoms with Crippen LogP contribution < -0.4 is 5.56 Å². The molecular formula is C19H15N3O5. The lowest BCUT2D eigenvalue weighted by atomic mass is 10.1. The molecule has 0 fully saturated rings. The van der Waals surface area contributed by atoms with Gasteiger partial charge in [-0.15, -0.1) is 0 Å². The second-order valence-electron chi connectivity index (χ2n) is 5.53. The Hall–Kier alpha value is -3.81. The topological polar surface area (TPSA) is 104 Å². The predicted molar refractivity (Wildman–Crippen MR) is 99.7 cm³/mol. The summed E-state index contributed by atoms with van der Waals surface area (Å²) in [5, 5.41) is 16.4. The number of fused-ring (bicyclic) bond motifs is 1. The molecule has 0 N–H and O–H groups in total. The van der Waals surface area contributed by atoms with Gasteiger partial charge >= 0.3 is 5.97 Å². The van der Waals surface area contributed by atoms with Crippen LogP contribution in [0.5, 0.6) is 0 Å². The minimum Gasteiger partial charge on any atom is -0.463 e. The van der Waals surface area contributed by atoms with E-state index in [1.54, 1.807) is 31.2 Å². The molecule has 0 radical (unpaired) electrons. The number of hydrogen-bond donors (Lipinski definition) is 0. The third kappa shape index (κ3) is 3.74. The van der Waals surface area contributed by atoms with E-state index in [1.165, 1.54) is 30.5 Å². The van der Waals surface area contributed by atoms with Crippen molar-refractivity contribution in [3.8, 4) is 5.69 Å². The molecule has 136 valence electrons. The maximum absolute atomic E-state index is 12.8. The van der Waals surface area contributed by atoms with Gasteiger partial charge in [0.2, 0.25) is 0 Å². The van der Waals surface area contributed by atoms with Crippen LogP contribution in [0, 0.1) is 10.1 Å². The summed E-state index contributed by atoms with van der Waals surface area (Å²) >= 11 is 0. The van der Waals surface area contributed by atoms with Crippen LogP contribution >= 0.6 is 0 Å². The van der Waals surface area contributed by atoms with Crippen LogP contribution in [-0.4, -0.2) is 27.3 Å². The fourth-order valence-corrected chi connectivity index (χ4v) is 2.59. The lowest BCUT2D eigenvalue weighted by Gasteiger charge is -2.09. The lowest BCUT2D eigenvalue weighted by Crippen LogP contribution is -2.21. The Morgan fingerprint density at radius 3 is 2.81 bits per heavy atom. The normalized spacial score (nSPS) is 11.0. The summed E-state index contributed by atoms with van der Waals surface area (Å²) in [6, 6.07) is 11.0. The molecule has 0 saturated heterocycles. The largest absolute Gasteiger partial charge is 0.463 e. The zero-order valence-electron chi connectivity index (χ0n) is 14.4. The van der Waals surface area contributed by atoms with Crippen LogP contribution in [0.1, 0.15) is 12.5 Å². The van der Waals surface area contributed by atoms with E-state index in [0.717, 1.165) is 10.8 Å². The molecule has 1 aromatic heterocycles. The minimum atomic E-state index is -0.589. The number of aromatic nitrogens is 2. The molecule has 27 heavy (non-hydrogen) atoms. The molecular weight excluding hydrogens is 350 g/mol. The third-order valence-corrected chi connectivity index (χ3v) is 3.83. The molecule has 2 aromatic carbocycles. The van der Waals surface area contributed by atoms with Crippen molar-refractivity contribution in [2.24, 2.45) is 0 Å². The Bertz CT molecular complexity index is 1120. The molecule has 0 aliphatic rings. The predicted octanol–water partition coefficient (Wildman–Crippen LogP) is 2.87. The zero-order chi connectivity index (χ0) is 19.4. The van der Waals surface area contributed by atoms with Gasteiger partial charge in [-0.25, -0.2) is 4.79 Å². The monoisotopic (exact) mass is 365 g/mol. The van der Waals surface area contributed by atoms with Crippen molar-refractivity contribution in [2.75, 3.05) is 6.61 Å². The first kappa shape index (κ1) is 18.0. The second kappa shape index (κ2) is 7.61. The van der Waals surface area contributed by atoms with Gasteiger partial charge in [-0.2, -0.15) is 9.78 Å². The van der Waals surface area contributed by atoms with Crippen LogP contribution in [0.2, 0.25) is 0 Å². The maximum Gasteiger partial charge on any atom is 0.330 e. The number of esters is 1. The van der Waals surface area contributed by atoms with E-state index in [-0.39, 0.29) is 17.9 Å². The van der Waals surface area contributed by atoms with Crippen molar-refractivity contribution in [3.05, 3.63) is 80.8 Å². The molecule has 0 aliphatic carbocycles. The summed E-state index contributed by atoms with van der Waals surface area (Å²) in [6.07, 6.45) is 4.05. The molecule has 1 heterocycles. The number of nitrogens with zero attached hydrogens (tertiary/aromatic N) is 3. The van der Waals surface area contributed by atoms with Crippen molar-refractivity contribution >= 4 is 28.5 Å². The van der Waals surface area contributed by atoms with Gasteiger partial charge in [0.25, 0.3) is 11.2 Å². The Morgan fingerprint density at radius 1 is 1.30 bits per heavy atom. The van der Waals surface area contributed by atoms with Crippen molar-refractivity contribution in [1.29, 1.82) is 0 Å². The van der Waals surface area contributed by atoms with Gasteiger partial charge in [0.05, 0.1) is 28.8 Å². The average molecular weight is 365 g/mol. The van der Waals surface area contributed by atoms with E-state index in [4.69, 9.17) is 4.74 Å². The number of rotatable bonds is 5. The molecule has 3 aromatic rings. The molecule has 0 amide bonds. The second-order valence-corrected chi connectivity index (χ2v) is 5.53. The fraction of sp³-hybridized carbons (Fsp3) is 0.105. The van der Waals surface area contributed by atoms with Crippen molar-refractivity contribution in [1.82, 2.24) is 9.78 Å². The van der Waals surface area contributed by atoms with Gasteiger partial charge < -0.3 is 4.74 Å². The minimum absolute atomic E-state index is 0.170. The van der Waals surface area contributed by atoms with E-state index in [1.807, 2.05) is 0 Å². The van der Waals surface area contributed by atoms with E-state index in [0.29, 0.717) is 22.0 Å². The molecule has 0 aliphatic heterocycles. The standard InChI is InChI=1S/C19H15N3O5/c1-2-27-18(23)10-7-13-11-15(22(25)26)8-9-17(13)21-19(24)16-6-4-3-5-14(16)12-20-21/h3-12H,2H2,1H3/b10-7+. The molecule has 0 bridgehead atoms. The van der Waals surface area contributed by atoms with E-state index in [2.05, 4.69) is 5.10 Å². The number of ether oxygens (including phenoxy) is 1. The molecule has 0 spiro atoms. The van der Waals surface area contributed by atoms with Crippen molar-refractivity contribution in [3.63, 3.8) is 0 Å². The zero-order valence-corrected chi connectivity index (χ0v) is 14.4. The Morgan fingerprint density at radius 2 is 2.07 bits per heavy atom. The van der Waals surface area contributed by atoms with Gasteiger partial charge in [0, 0.05) is 29.2 Å². The first-order chi connectivity index (χ1) is 13.0. The molecule has 8 nitrogen and oxygen atoms in total. The van der Waals surface area contributed by atoms with Gasteiger partial charge in [-0.05, 0) is 25.1 Å². The number of benzene rings is 2. The Labute approximate surface area is 153 Å². The third-order valence-electron chi connectivity index (χ3n) is 3.83. The number of carbonyl (C=O) groups excluding carboxylic acids is 1. The number of nitro groups is 1. The smallest absolute Gasteiger partial charge is 0.330 e. The molecule has 0 saturated carbocycles. The van der Waals surface area contributed by atoms with Crippen molar-refractivity contribution < 1.29 is 14.5 Å². The summed E-state index contributed by atoms with van der Waals surface area (Å²) in [4.78, 5) is 34.9. The number of non-ortho nitro benzene ring substituents is 1. The maximum atomic E-state index is 12.8. The van der Waals surface area contributed by atoms with Crippen LogP contribution in [-0.2, 0) is 9.53 Å². The first-order valence-corrected chi connectivity index (χ1v) is 8.12. The van der Waals surface area contributed by atoms with E-state index in [9.17, 15) is 19.7 Å².